The first-order valence-corrected chi connectivity index (χ1v) is 6.51. The van der Waals surface area contributed by atoms with E-state index in [1.54, 1.807) is 13.0 Å². The van der Waals surface area contributed by atoms with Crippen molar-refractivity contribution in [2.45, 2.75) is 39.7 Å². The van der Waals surface area contributed by atoms with Gasteiger partial charge in [-0.1, -0.05) is 31.8 Å². The van der Waals surface area contributed by atoms with E-state index in [1.807, 2.05) is 19.0 Å². The van der Waals surface area contributed by atoms with E-state index in [1.165, 1.54) is 6.08 Å². The lowest BCUT2D eigenvalue weighted by atomic mass is 9.97. The molecule has 3 nitrogen and oxygen atoms in total. The molecule has 0 rings (SSSR count). The first-order chi connectivity index (χ1) is 8.54. The van der Waals surface area contributed by atoms with E-state index in [-0.39, 0.29) is 12.1 Å². The number of nitrogens with zero attached hydrogens (tertiary/aromatic N) is 1. The molecule has 0 aliphatic rings. The molecule has 1 atom stereocenters. The van der Waals surface area contributed by atoms with Crippen molar-refractivity contribution in [3.63, 3.8) is 0 Å². The van der Waals surface area contributed by atoms with Crippen LogP contribution in [0, 0.1) is 17.8 Å². The Morgan fingerprint density at radius 2 is 1.94 bits per heavy atom. The zero-order valence-corrected chi connectivity index (χ0v) is 12.2. The van der Waals surface area contributed by atoms with Crippen LogP contribution in [0.1, 0.15) is 33.6 Å². The second-order valence-corrected chi connectivity index (χ2v) is 4.49. The summed E-state index contributed by atoms with van der Waals surface area (Å²) in [7, 11) is 3.93. The molecule has 1 unspecified atom stereocenters. The van der Waals surface area contributed by atoms with Gasteiger partial charge < -0.3 is 4.74 Å². The van der Waals surface area contributed by atoms with Gasteiger partial charge in [0, 0.05) is 12.0 Å². The summed E-state index contributed by atoms with van der Waals surface area (Å²) in [5.74, 6) is 6.12. The number of allylic oxidation sites excluding steroid dienone is 1. The van der Waals surface area contributed by atoms with Crippen LogP contribution in [0.15, 0.2) is 12.2 Å². The van der Waals surface area contributed by atoms with Crippen LogP contribution in [-0.2, 0) is 9.53 Å². The number of hydrogen-bond acceptors (Lipinski definition) is 3. The first-order valence-electron chi connectivity index (χ1n) is 6.51. The minimum absolute atomic E-state index is 0.300. The highest BCUT2D eigenvalue weighted by Gasteiger charge is 2.19. The molecule has 0 saturated carbocycles. The van der Waals surface area contributed by atoms with Crippen molar-refractivity contribution < 1.29 is 9.53 Å². The highest BCUT2D eigenvalue weighted by molar-refractivity contribution is 5.82. The average molecular weight is 251 g/mol. The molecular formula is C15H25NO2. The van der Waals surface area contributed by atoms with Crippen molar-refractivity contribution >= 4 is 5.97 Å². The SMILES string of the molecule is CC=CC(=O)OC(C#CCN(C)C)C(CC)CC. The number of hydrogen-bond donors (Lipinski definition) is 0. The van der Waals surface area contributed by atoms with Crippen LogP contribution in [0.5, 0.6) is 0 Å². The summed E-state index contributed by atoms with van der Waals surface area (Å²) >= 11 is 0. The quantitative estimate of drug-likeness (QED) is 0.412. The Kier molecular flexibility index (Phi) is 9.04. The van der Waals surface area contributed by atoms with Gasteiger partial charge in [-0.15, -0.1) is 0 Å². The van der Waals surface area contributed by atoms with Crippen molar-refractivity contribution in [2.24, 2.45) is 5.92 Å². The maximum absolute atomic E-state index is 11.5. The number of ether oxygens (including phenoxy) is 1. The normalized spacial score (nSPS) is 12.6. The lowest BCUT2D eigenvalue weighted by Gasteiger charge is -2.20. The van der Waals surface area contributed by atoms with Crippen LogP contribution in [0.3, 0.4) is 0 Å². The molecule has 0 spiro atoms. The molecule has 0 N–H and O–H groups in total. The Morgan fingerprint density at radius 1 is 1.33 bits per heavy atom. The second kappa shape index (κ2) is 9.73. The number of carbonyl (C=O) groups excluding carboxylic acids is 1. The van der Waals surface area contributed by atoms with E-state index in [0.717, 1.165) is 12.8 Å². The fourth-order valence-corrected chi connectivity index (χ4v) is 1.57. The molecule has 102 valence electrons. The van der Waals surface area contributed by atoms with Crippen LogP contribution in [0.4, 0.5) is 0 Å². The van der Waals surface area contributed by atoms with Crippen LogP contribution < -0.4 is 0 Å². The summed E-state index contributed by atoms with van der Waals surface area (Å²) in [6.45, 7) is 6.67. The lowest BCUT2D eigenvalue weighted by molar-refractivity contribution is -0.142. The van der Waals surface area contributed by atoms with E-state index >= 15 is 0 Å². The smallest absolute Gasteiger partial charge is 0.331 e. The van der Waals surface area contributed by atoms with E-state index in [2.05, 4.69) is 25.7 Å². The van der Waals surface area contributed by atoms with Crippen molar-refractivity contribution in [2.75, 3.05) is 20.6 Å². The summed E-state index contributed by atoms with van der Waals surface area (Å²) in [6.07, 6.45) is 4.73. The Bertz CT molecular complexity index is 319. The van der Waals surface area contributed by atoms with E-state index in [4.69, 9.17) is 4.74 Å². The van der Waals surface area contributed by atoms with E-state index in [0.29, 0.717) is 12.5 Å². The molecule has 3 heteroatoms. The van der Waals surface area contributed by atoms with Crippen LogP contribution in [0.25, 0.3) is 0 Å². The molecule has 0 bridgehead atoms. The number of esters is 1. The summed E-state index contributed by atoms with van der Waals surface area (Å²) in [6, 6.07) is 0. The van der Waals surface area contributed by atoms with Gasteiger partial charge in [-0.05, 0) is 33.9 Å². The van der Waals surface area contributed by atoms with Crippen LogP contribution >= 0.6 is 0 Å². The van der Waals surface area contributed by atoms with Crippen molar-refractivity contribution in [1.82, 2.24) is 4.90 Å². The van der Waals surface area contributed by atoms with Gasteiger partial charge in [-0.25, -0.2) is 4.79 Å². The predicted molar refractivity (Wildman–Crippen MR) is 75.1 cm³/mol. The Balaban J connectivity index is 4.69. The highest BCUT2D eigenvalue weighted by atomic mass is 16.5. The Labute approximate surface area is 111 Å². The molecule has 0 aromatic carbocycles. The summed E-state index contributed by atoms with van der Waals surface area (Å²) in [4.78, 5) is 13.5. The molecule has 0 radical (unpaired) electrons. The van der Waals surface area contributed by atoms with Gasteiger partial charge in [0.1, 0.15) is 0 Å². The largest absolute Gasteiger partial charge is 0.446 e. The molecule has 0 aliphatic heterocycles. The molecule has 0 aliphatic carbocycles. The highest BCUT2D eigenvalue weighted by Crippen LogP contribution is 2.16. The monoisotopic (exact) mass is 251 g/mol. The van der Waals surface area contributed by atoms with Crippen LogP contribution in [-0.4, -0.2) is 37.6 Å². The zero-order chi connectivity index (χ0) is 14.0. The third kappa shape index (κ3) is 7.13. The standard InChI is InChI=1S/C15H25NO2/c1-6-10-15(17)18-14(13(7-2)8-3)11-9-12-16(4)5/h6,10,13-14H,7-8,12H2,1-5H3. The van der Waals surface area contributed by atoms with Crippen molar-refractivity contribution in [3.8, 4) is 11.8 Å². The fourth-order valence-electron chi connectivity index (χ4n) is 1.57. The minimum atomic E-state index is -0.312. The van der Waals surface area contributed by atoms with Gasteiger partial charge in [0.05, 0.1) is 6.54 Å². The molecule has 0 aromatic heterocycles. The summed E-state index contributed by atoms with van der Waals surface area (Å²) in [5.41, 5.74) is 0. The summed E-state index contributed by atoms with van der Waals surface area (Å²) < 4.78 is 5.40. The van der Waals surface area contributed by atoms with Gasteiger partial charge in [0.15, 0.2) is 6.10 Å². The zero-order valence-electron chi connectivity index (χ0n) is 12.2. The van der Waals surface area contributed by atoms with Crippen LogP contribution in [0.2, 0.25) is 0 Å². The summed E-state index contributed by atoms with van der Waals surface area (Å²) in [5, 5.41) is 0. The molecule has 0 saturated heterocycles. The Hall–Kier alpha value is -1.27. The van der Waals surface area contributed by atoms with Crippen molar-refractivity contribution in [3.05, 3.63) is 12.2 Å². The predicted octanol–water partition coefficient (Wildman–Crippen LogP) is 2.48. The molecule has 0 amide bonds. The van der Waals surface area contributed by atoms with Gasteiger partial charge in [-0.2, -0.15) is 0 Å². The Morgan fingerprint density at radius 3 is 2.39 bits per heavy atom. The van der Waals surface area contributed by atoms with E-state index < -0.39 is 0 Å². The molecule has 0 fully saturated rings. The van der Waals surface area contributed by atoms with Gasteiger partial charge in [-0.3, -0.25) is 4.90 Å². The lowest BCUT2D eigenvalue weighted by Crippen LogP contribution is -2.24. The molecule has 0 aromatic rings. The van der Waals surface area contributed by atoms with Gasteiger partial charge in [0.25, 0.3) is 0 Å². The van der Waals surface area contributed by atoms with E-state index in [9.17, 15) is 4.79 Å². The van der Waals surface area contributed by atoms with Gasteiger partial charge in [0.2, 0.25) is 0 Å². The molecule has 18 heavy (non-hydrogen) atoms. The van der Waals surface area contributed by atoms with Gasteiger partial charge >= 0.3 is 5.97 Å². The minimum Gasteiger partial charge on any atom is -0.446 e. The number of carbonyl (C=O) groups is 1. The fraction of sp³-hybridized carbons (Fsp3) is 0.667. The molecule has 0 heterocycles. The third-order valence-corrected chi connectivity index (χ3v) is 2.66. The third-order valence-electron chi connectivity index (χ3n) is 2.66. The second-order valence-electron chi connectivity index (χ2n) is 4.49. The average Bonchev–Trinajstić information content (AvgIpc) is 2.30. The topological polar surface area (TPSA) is 29.5 Å². The van der Waals surface area contributed by atoms with Crippen molar-refractivity contribution in [1.29, 1.82) is 0 Å². The first kappa shape index (κ1) is 16.7. The maximum atomic E-state index is 11.5. The maximum Gasteiger partial charge on any atom is 0.331 e. The number of rotatable bonds is 6. The molecular weight excluding hydrogens is 226 g/mol.